The number of para-hydroxylation sites is 1. The summed E-state index contributed by atoms with van der Waals surface area (Å²) >= 11 is 0. The second kappa shape index (κ2) is 10.0. The molecule has 9 heteroatoms. The fourth-order valence-electron chi connectivity index (χ4n) is 4.32. The summed E-state index contributed by atoms with van der Waals surface area (Å²) in [5.41, 5.74) is 2.25. The zero-order chi connectivity index (χ0) is 23.4. The van der Waals surface area contributed by atoms with Gasteiger partial charge in [0.15, 0.2) is 21.5 Å². The van der Waals surface area contributed by atoms with Crippen LogP contribution in [0.1, 0.15) is 37.7 Å². The minimum absolute atomic E-state index is 0.0360. The molecule has 4 rings (SSSR count). The van der Waals surface area contributed by atoms with Gasteiger partial charge in [-0.25, -0.2) is 13.1 Å². The summed E-state index contributed by atoms with van der Waals surface area (Å²) in [5, 5.41) is 12.2. The molecular formula is C24H32N6O2S. The van der Waals surface area contributed by atoms with E-state index in [2.05, 4.69) is 63.4 Å². The smallest absolute Gasteiger partial charge is 0.198 e. The average Bonchev–Trinajstić information content (AvgIpc) is 3.25. The Bertz CT molecular complexity index is 1140. The van der Waals surface area contributed by atoms with Gasteiger partial charge in [-0.1, -0.05) is 49.7 Å². The zero-order valence-electron chi connectivity index (χ0n) is 19.5. The van der Waals surface area contributed by atoms with Crippen LogP contribution in [0.15, 0.2) is 59.5 Å². The lowest BCUT2D eigenvalue weighted by atomic mass is 10.0. The zero-order valence-corrected chi connectivity index (χ0v) is 20.3. The number of hydrogen-bond acceptors (Lipinski definition) is 7. The summed E-state index contributed by atoms with van der Waals surface area (Å²) in [4.78, 5) is 5.06. The third kappa shape index (κ3) is 5.59. The lowest BCUT2D eigenvalue weighted by molar-refractivity contribution is 0.153. The van der Waals surface area contributed by atoms with Crippen LogP contribution in [-0.4, -0.2) is 59.7 Å². The normalized spacial score (nSPS) is 16.3. The molecule has 1 aliphatic heterocycles. The van der Waals surface area contributed by atoms with Gasteiger partial charge < -0.3 is 4.90 Å². The molecule has 1 aromatic heterocycles. The van der Waals surface area contributed by atoms with Gasteiger partial charge in [-0.15, -0.1) is 5.10 Å². The Hall–Kier alpha value is -2.78. The predicted octanol–water partition coefficient (Wildman–Crippen LogP) is 3.32. The van der Waals surface area contributed by atoms with E-state index < -0.39 is 9.84 Å². The molecule has 2 heterocycles. The predicted molar refractivity (Wildman–Crippen MR) is 129 cm³/mol. The molecule has 176 valence electrons. The molecule has 0 saturated carbocycles. The SMILES string of the molecule is Cc1ccc(S(=O)(=O)Cn2nnnc2[C@@H](CC(C)C)N2CCN(c3ccccc3)CC2)cc1. The van der Waals surface area contributed by atoms with Crippen molar-refractivity contribution in [1.29, 1.82) is 0 Å². The fourth-order valence-corrected chi connectivity index (χ4v) is 5.52. The Morgan fingerprint density at radius 3 is 2.24 bits per heavy atom. The molecule has 1 saturated heterocycles. The first-order chi connectivity index (χ1) is 15.8. The molecule has 0 N–H and O–H groups in total. The van der Waals surface area contributed by atoms with Gasteiger partial charge in [0, 0.05) is 31.9 Å². The van der Waals surface area contributed by atoms with Crippen LogP contribution < -0.4 is 4.90 Å². The lowest BCUT2D eigenvalue weighted by Gasteiger charge is -2.40. The standard InChI is InChI=1S/C24H32N6O2S/c1-19(2)17-23(29-15-13-28(14-16-29)21-7-5-4-6-8-21)24-25-26-27-30(24)18-33(31,32)22-11-9-20(3)10-12-22/h4-12,19,23H,13-18H2,1-3H3/t23-/m1/s1. The van der Waals surface area contributed by atoms with E-state index in [0.717, 1.165) is 38.2 Å². The van der Waals surface area contributed by atoms with Crippen LogP contribution in [0.2, 0.25) is 0 Å². The highest BCUT2D eigenvalue weighted by atomic mass is 32.2. The van der Waals surface area contributed by atoms with Crippen molar-refractivity contribution in [3.63, 3.8) is 0 Å². The van der Waals surface area contributed by atoms with E-state index in [9.17, 15) is 8.42 Å². The number of rotatable bonds is 8. The van der Waals surface area contributed by atoms with Crippen LogP contribution in [0.25, 0.3) is 0 Å². The summed E-state index contributed by atoms with van der Waals surface area (Å²) in [6, 6.07) is 17.3. The summed E-state index contributed by atoms with van der Waals surface area (Å²) < 4.78 is 27.6. The largest absolute Gasteiger partial charge is 0.369 e. The Labute approximate surface area is 196 Å². The highest BCUT2D eigenvalue weighted by molar-refractivity contribution is 7.90. The molecule has 0 bridgehead atoms. The maximum Gasteiger partial charge on any atom is 0.198 e. The fraction of sp³-hybridized carbons (Fsp3) is 0.458. The van der Waals surface area contributed by atoms with Crippen molar-refractivity contribution >= 4 is 15.5 Å². The lowest BCUT2D eigenvalue weighted by Crippen LogP contribution is -2.48. The second-order valence-corrected chi connectivity index (χ2v) is 11.1. The van der Waals surface area contributed by atoms with Crippen LogP contribution in [0.3, 0.4) is 0 Å². The van der Waals surface area contributed by atoms with Crippen LogP contribution in [0.4, 0.5) is 5.69 Å². The second-order valence-electron chi connectivity index (χ2n) is 9.10. The molecule has 0 radical (unpaired) electrons. The number of sulfone groups is 1. The van der Waals surface area contributed by atoms with E-state index in [1.165, 1.54) is 10.4 Å². The van der Waals surface area contributed by atoms with E-state index >= 15 is 0 Å². The van der Waals surface area contributed by atoms with Gasteiger partial charge in [-0.05, 0) is 54.0 Å². The van der Waals surface area contributed by atoms with Crippen LogP contribution >= 0.6 is 0 Å². The maximum absolute atomic E-state index is 13.0. The topological polar surface area (TPSA) is 84.2 Å². The molecule has 33 heavy (non-hydrogen) atoms. The molecule has 1 atom stereocenters. The van der Waals surface area contributed by atoms with E-state index in [0.29, 0.717) is 11.7 Å². The summed E-state index contributed by atoms with van der Waals surface area (Å²) in [6.07, 6.45) is 0.857. The molecule has 8 nitrogen and oxygen atoms in total. The van der Waals surface area contributed by atoms with Crippen molar-refractivity contribution in [2.24, 2.45) is 5.92 Å². The Balaban J connectivity index is 1.53. The third-order valence-corrected chi connectivity index (χ3v) is 7.68. The minimum atomic E-state index is -3.57. The van der Waals surface area contributed by atoms with E-state index in [4.69, 9.17) is 0 Å². The van der Waals surface area contributed by atoms with Crippen molar-refractivity contribution in [1.82, 2.24) is 25.1 Å². The number of benzene rings is 2. The summed E-state index contributed by atoms with van der Waals surface area (Å²) in [7, 11) is -3.57. The highest BCUT2D eigenvalue weighted by Gasteiger charge is 2.31. The van der Waals surface area contributed by atoms with Gasteiger partial charge in [0.25, 0.3) is 0 Å². The van der Waals surface area contributed by atoms with Crippen molar-refractivity contribution in [2.75, 3.05) is 31.1 Å². The Morgan fingerprint density at radius 1 is 0.939 bits per heavy atom. The van der Waals surface area contributed by atoms with Crippen molar-refractivity contribution in [2.45, 2.75) is 44.0 Å². The molecule has 0 amide bonds. The number of hydrogen-bond donors (Lipinski definition) is 0. The van der Waals surface area contributed by atoms with Crippen LogP contribution in [0.5, 0.6) is 0 Å². The molecule has 1 aliphatic rings. The molecule has 2 aromatic carbocycles. The first kappa shape index (κ1) is 23.4. The monoisotopic (exact) mass is 468 g/mol. The Kier molecular flexibility index (Phi) is 7.09. The van der Waals surface area contributed by atoms with Gasteiger partial charge in [-0.2, -0.15) is 0 Å². The summed E-state index contributed by atoms with van der Waals surface area (Å²) in [6.45, 7) is 9.82. The minimum Gasteiger partial charge on any atom is -0.369 e. The number of piperazine rings is 1. The maximum atomic E-state index is 13.0. The van der Waals surface area contributed by atoms with Crippen molar-refractivity contribution < 1.29 is 8.42 Å². The van der Waals surface area contributed by atoms with Gasteiger partial charge in [0.1, 0.15) is 0 Å². The number of aryl methyl sites for hydroxylation is 1. The number of aromatic nitrogens is 4. The van der Waals surface area contributed by atoms with Gasteiger partial charge in [-0.3, -0.25) is 4.90 Å². The van der Waals surface area contributed by atoms with E-state index in [1.54, 1.807) is 24.3 Å². The molecule has 0 aliphatic carbocycles. The first-order valence-corrected chi connectivity index (χ1v) is 13.1. The molecule has 0 unspecified atom stereocenters. The summed E-state index contributed by atoms with van der Waals surface area (Å²) in [5.74, 6) is 0.769. The van der Waals surface area contributed by atoms with Crippen LogP contribution in [0, 0.1) is 12.8 Å². The van der Waals surface area contributed by atoms with Gasteiger partial charge in [0.2, 0.25) is 0 Å². The highest BCUT2D eigenvalue weighted by Crippen LogP contribution is 2.29. The third-order valence-electron chi connectivity index (χ3n) is 6.10. The molecule has 3 aromatic rings. The van der Waals surface area contributed by atoms with E-state index in [-0.39, 0.29) is 16.8 Å². The van der Waals surface area contributed by atoms with Gasteiger partial charge >= 0.3 is 0 Å². The van der Waals surface area contributed by atoms with Crippen molar-refractivity contribution in [3.05, 3.63) is 66.0 Å². The van der Waals surface area contributed by atoms with E-state index in [1.807, 2.05) is 13.0 Å². The number of anilines is 1. The molecule has 0 spiro atoms. The van der Waals surface area contributed by atoms with Crippen molar-refractivity contribution in [3.8, 4) is 0 Å². The quantitative estimate of drug-likeness (QED) is 0.501. The van der Waals surface area contributed by atoms with Crippen LogP contribution in [-0.2, 0) is 15.7 Å². The number of tetrazole rings is 1. The molecular weight excluding hydrogens is 436 g/mol. The first-order valence-electron chi connectivity index (χ1n) is 11.4. The van der Waals surface area contributed by atoms with Gasteiger partial charge in [0.05, 0.1) is 10.9 Å². The average molecular weight is 469 g/mol. The molecule has 1 fully saturated rings. The number of nitrogens with zero attached hydrogens (tertiary/aromatic N) is 6. The Morgan fingerprint density at radius 2 is 1.61 bits per heavy atom.